The van der Waals surface area contributed by atoms with Crippen LogP contribution in [-0.2, 0) is 28.6 Å². The van der Waals surface area contributed by atoms with Crippen molar-refractivity contribution in [3.8, 4) is 0 Å². The second-order valence-electron chi connectivity index (χ2n) is 5.51. The van der Waals surface area contributed by atoms with Crippen molar-refractivity contribution in [3.05, 3.63) is 0 Å². The van der Waals surface area contributed by atoms with Crippen LogP contribution in [0.5, 0.6) is 0 Å². The Hall–Kier alpha value is -1.75. The summed E-state index contributed by atoms with van der Waals surface area (Å²) >= 11 is 0. The van der Waals surface area contributed by atoms with Crippen molar-refractivity contribution in [1.29, 1.82) is 0 Å². The van der Waals surface area contributed by atoms with Gasteiger partial charge in [-0.05, 0) is 20.8 Å². The third-order valence-corrected chi connectivity index (χ3v) is 2.92. The lowest BCUT2D eigenvalue weighted by Crippen LogP contribution is -2.44. The van der Waals surface area contributed by atoms with Crippen LogP contribution in [0.3, 0.4) is 0 Å². The highest BCUT2D eigenvalue weighted by molar-refractivity contribution is 5.75. The molecule has 140 valence electrons. The molecular formula is C14H24O10. The van der Waals surface area contributed by atoms with Crippen LogP contribution in [-0.4, -0.2) is 83.1 Å². The molecule has 0 rings (SSSR count). The molecule has 0 spiro atoms. The predicted molar refractivity (Wildman–Crippen MR) is 77.4 cm³/mol. The van der Waals surface area contributed by atoms with Crippen LogP contribution in [0.1, 0.15) is 20.8 Å². The Morgan fingerprint density at radius 2 is 1.00 bits per heavy atom. The van der Waals surface area contributed by atoms with E-state index < -0.39 is 68.1 Å². The second kappa shape index (κ2) is 10.2. The second-order valence-corrected chi connectivity index (χ2v) is 5.51. The average Bonchev–Trinajstić information content (AvgIpc) is 2.53. The van der Waals surface area contributed by atoms with Gasteiger partial charge in [0.05, 0.1) is 12.0 Å². The first-order valence-electron chi connectivity index (χ1n) is 7.19. The molecule has 0 aliphatic carbocycles. The van der Waals surface area contributed by atoms with Gasteiger partial charge in [-0.2, -0.15) is 0 Å². The molecule has 0 aliphatic heterocycles. The van der Waals surface area contributed by atoms with Crippen LogP contribution in [0, 0.1) is 5.41 Å². The molecule has 0 bridgehead atoms. The summed E-state index contributed by atoms with van der Waals surface area (Å²) in [5.41, 5.74) is -1.51. The van der Waals surface area contributed by atoms with Crippen molar-refractivity contribution in [1.82, 2.24) is 0 Å². The van der Waals surface area contributed by atoms with Gasteiger partial charge >= 0.3 is 17.9 Å². The van der Waals surface area contributed by atoms with Crippen molar-refractivity contribution in [2.24, 2.45) is 5.41 Å². The SMILES string of the molecule is CC(O)C(=O)OCC(CO)(COC(=O)C(C)O)COC(=O)C(C)O. The summed E-state index contributed by atoms with van der Waals surface area (Å²) in [6, 6.07) is 0. The molecule has 3 atom stereocenters. The van der Waals surface area contributed by atoms with Crippen LogP contribution in [0.15, 0.2) is 0 Å². The Morgan fingerprint density at radius 1 is 0.750 bits per heavy atom. The lowest BCUT2D eigenvalue weighted by molar-refractivity contribution is -0.174. The number of carbonyl (C=O) groups is 3. The Kier molecular flexibility index (Phi) is 9.44. The molecule has 10 nitrogen and oxygen atoms in total. The number of aliphatic hydroxyl groups is 4. The number of hydrogen-bond acceptors (Lipinski definition) is 10. The zero-order valence-electron chi connectivity index (χ0n) is 13.8. The minimum Gasteiger partial charge on any atom is -0.463 e. The first kappa shape index (κ1) is 22.2. The van der Waals surface area contributed by atoms with Gasteiger partial charge in [0.15, 0.2) is 0 Å². The Bertz CT molecular complexity index is 369. The number of carbonyl (C=O) groups excluding carboxylic acids is 3. The van der Waals surface area contributed by atoms with Crippen molar-refractivity contribution < 1.29 is 49.0 Å². The Balaban J connectivity index is 5.01. The first-order chi connectivity index (χ1) is 11.0. The van der Waals surface area contributed by atoms with Crippen LogP contribution < -0.4 is 0 Å². The summed E-state index contributed by atoms with van der Waals surface area (Å²) in [5, 5.41) is 36.9. The molecule has 0 heterocycles. The summed E-state index contributed by atoms with van der Waals surface area (Å²) in [7, 11) is 0. The molecule has 24 heavy (non-hydrogen) atoms. The summed E-state index contributed by atoms with van der Waals surface area (Å²) < 4.78 is 14.4. The first-order valence-corrected chi connectivity index (χ1v) is 7.19. The van der Waals surface area contributed by atoms with Gasteiger partial charge in [0.1, 0.15) is 38.1 Å². The summed E-state index contributed by atoms with van der Waals surface area (Å²) in [5.74, 6) is -2.97. The molecule has 10 heteroatoms. The third-order valence-electron chi connectivity index (χ3n) is 2.92. The van der Waals surface area contributed by atoms with E-state index in [1.54, 1.807) is 0 Å². The van der Waals surface area contributed by atoms with E-state index in [9.17, 15) is 19.5 Å². The number of esters is 3. The van der Waals surface area contributed by atoms with E-state index >= 15 is 0 Å². The molecular weight excluding hydrogens is 328 g/mol. The van der Waals surface area contributed by atoms with Crippen LogP contribution >= 0.6 is 0 Å². The van der Waals surface area contributed by atoms with Gasteiger partial charge in [-0.3, -0.25) is 0 Å². The topological polar surface area (TPSA) is 160 Å². The number of aliphatic hydroxyl groups excluding tert-OH is 4. The fraction of sp³-hybridized carbons (Fsp3) is 0.786. The van der Waals surface area contributed by atoms with Crippen molar-refractivity contribution in [2.75, 3.05) is 26.4 Å². The van der Waals surface area contributed by atoms with Gasteiger partial charge in [-0.25, -0.2) is 14.4 Å². The fourth-order valence-corrected chi connectivity index (χ4v) is 1.30. The minimum atomic E-state index is -1.51. The summed E-state index contributed by atoms with van der Waals surface area (Å²) in [6.07, 6.45) is -4.25. The van der Waals surface area contributed by atoms with E-state index in [0.29, 0.717) is 0 Å². The monoisotopic (exact) mass is 352 g/mol. The maximum absolute atomic E-state index is 11.3. The number of ether oxygens (including phenoxy) is 3. The molecule has 0 amide bonds. The van der Waals surface area contributed by atoms with Gasteiger partial charge in [-0.15, -0.1) is 0 Å². The lowest BCUT2D eigenvalue weighted by Gasteiger charge is -2.30. The predicted octanol–water partition coefficient (Wildman–Crippen LogP) is -2.26. The molecule has 0 radical (unpaired) electrons. The van der Waals surface area contributed by atoms with Crippen LogP contribution in [0.4, 0.5) is 0 Å². The molecule has 0 aliphatic rings. The summed E-state index contributed by atoms with van der Waals surface area (Å²) in [4.78, 5) is 34.0. The Labute approximate surface area is 138 Å². The standard InChI is InChI=1S/C14H24O10/c1-8(16)11(19)22-5-14(4-15,6-23-12(20)9(2)17)7-24-13(21)10(3)18/h8-10,15-18H,4-7H2,1-3H3. The number of hydrogen-bond donors (Lipinski definition) is 4. The molecule has 0 fully saturated rings. The molecule has 0 aromatic carbocycles. The molecule has 3 unspecified atom stereocenters. The van der Waals surface area contributed by atoms with Gasteiger partial charge in [0.2, 0.25) is 0 Å². The van der Waals surface area contributed by atoms with Gasteiger partial charge in [-0.1, -0.05) is 0 Å². The van der Waals surface area contributed by atoms with Crippen LogP contribution in [0.2, 0.25) is 0 Å². The third kappa shape index (κ3) is 7.68. The van der Waals surface area contributed by atoms with E-state index in [1.165, 1.54) is 20.8 Å². The molecule has 0 aromatic rings. The highest BCUT2D eigenvalue weighted by Gasteiger charge is 2.36. The van der Waals surface area contributed by atoms with Crippen molar-refractivity contribution in [3.63, 3.8) is 0 Å². The maximum Gasteiger partial charge on any atom is 0.334 e. The normalized spacial score (nSPS) is 17.1. The zero-order chi connectivity index (χ0) is 18.9. The van der Waals surface area contributed by atoms with E-state index in [0.717, 1.165) is 0 Å². The van der Waals surface area contributed by atoms with Crippen LogP contribution in [0.25, 0.3) is 0 Å². The smallest absolute Gasteiger partial charge is 0.334 e. The molecule has 4 N–H and O–H groups in total. The van der Waals surface area contributed by atoms with Gasteiger partial charge in [0, 0.05) is 0 Å². The van der Waals surface area contributed by atoms with E-state index in [2.05, 4.69) is 0 Å². The zero-order valence-corrected chi connectivity index (χ0v) is 13.8. The summed E-state index contributed by atoms with van der Waals surface area (Å²) in [6.45, 7) is 1.20. The molecule has 0 saturated heterocycles. The largest absolute Gasteiger partial charge is 0.463 e. The van der Waals surface area contributed by atoms with E-state index in [1.807, 2.05) is 0 Å². The lowest BCUT2D eigenvalue weighted by atomic mass is 9.92. The molecule has 0 saturated carbocycles. The Morgan fingerprint density at radius 3 is 1.17 bits per heavy atom. The van der Waals surface area contributed by atoms with Crippen molar-refractivity contribution >= 4 is 17.9 Å². The highest BCUT2D eigenvalue weighted by atomic mass is 16.6. The van der Waals surface area contributed by atoms with Gasteiger partial charge < -0.3 is 34.6 Å². The van der Waals surface area contributed by atoms with E-state index in [-0.39, 0.29) is 0 Å². The van der Waals surface area contributed by atoms with Gasteiger partial charge in [0.25, 0.3) is 0 Å². The van der Waals surface area contributed by atoms with Crippen molar-refractivity contribution in [2.45, 2.75) is 39.1 Å². The number of rotatable bonds is 10. The minimum absolute atomic E-state index is 0.534. The highest BCUT2D eigenvalue weighted by Crippen LogP contribution is 2.20. The quantitative estimate of drug-likeness (QED) is 0.249. The fourth-order valence-electron chi connectivity index (χ4n) is 1.30. The van der Waals surface area contributed by atoms with E-state index in [4.69, 9.17) is 29.5 Å². The average molecular weight is 352 g/mol. The molecule has 0 aromatic heterocycles. The maximum atomic E-state index is 11.3.